The minimum absolute atomic E-state index is 0.0458. The van der Waals surface area contributed by atoms with E-state index < -0.39 is 0 Å². The summed E-state index contributed by atoms with van der Waals surface area (Å²) in [4.78, 5) is 17.2. The lowest BCUT2D eigenvalue weighted by Gasteiger charge is -2.13. The van der Waals surface area contributed by atoms with Crippen molar-refractivity contribution in [2.45, 2.75) is 39.0 Å². The maximum Gasteiger partial charge on any atom is 0.183 e. The van der Waals surface area contributed by atoms with Crippen LogP contribution in [0.15, 0.2) is 30.3 Å². The van der Waals surface area contributed by atoms with Crippen molar-refractivity contribution in [1.29, 1.82) is 0 Å². The summed E-state index contributed by atoms with van der Waals surface area (Å²) in [5.74, 6) is 0.266. The third kappa shape index (κ3) is 3.61. The minimum atomic E-state index is 0.0458. The van der Waals surface area contributed by atoms with Crippen LogP contribution in [-0.4, -0.2) is 22.9 Å². The monoisotopic (exact) mass is 370 g/mol. The highest BCUT2D eigenvalue weighted by Gasteiger charge is 2.22. The number of rotatable bonds is 6. The van der Waals surface area contributed by atoms with Crippen molar-refractivity contribution in [1.82, 2.24) is 4.98 Å². The Balaban J connectivity index is 2.10. The molecule has 4 nitrogen and oxygen atoms in total. The molecular formula is C21H23ClN2O2. The zero-order valence-electron chi connectivity index (χ0n) is 15.1. The minimum Gasteiger partial charge on any atom is -0.507 e. The molecule has 2 N–H and O–H groups in total. The third-order valence-corrected chi connectivity index (χ3v) is 4.95. The molecule has 0 bridgehead atoms. The first-order valence-corrected chi connectivity index (χ1v) is 9.36. The van der Waals surface area contributed by atoms with E-state index >= 15 is 0 Å². The van der Waals surface area contributed by atoms with Gasteiger partial charge in [0, 0.05) is 24.1 Å². The number of carbonyl (C=O) groups excluding carboxylic acids is 1. The number of ketones is 1. The van der Waals surface area contributed by atoms with Gasteiger partial charge in [0.2, 0.25) is 0 Å². The van der Waals surface area contributed by atoms with Gasteiger partial charge in [-0.05, 0) is 67.2 Å². The number of Topliss-reactive ketones (excluding diaryl/α,β-unsaturated/α-hetero) is 1. The van der Waals surface area contributed by atoms with E-state index in [4.69, 9.17) is 11.6 Å². The Morgan fingerprint density at radius 3 is 2.73 bits per heavy atom. The number of phenolic OH excluding ortho intramolecular Hbond substituents is 1. The van der Waals surface area contributed by atoms with Gasteiger partial charge in [0.05, 0.1) is 11.4 Å². The van der Waals surface area contributed by atoms with Crippen LogP contribution in [-0.2, 0) is 0 Å². The number of nitrogens with one attached hydrogen (secondary N) is 1. The summed E-state index contributed by atoms with van der Waals surface area (Å²) in [6, 6.07) is 8.94. The molecule has 0 saturated heterocycles. The first kappa shape index (κ1) is 18.5. The lowest BCUT2D eigenvalue weighted by molar-refractivity contribution is 0.0977. The fraction of sp³-hybridized carbons (Fsp3) is 0.333. The molecule has 1 aliphatic rings. The number of nitrogens with zero attached hydrogens (tertiary/aromatic N) is 1. The van der Waals surface area contributed by atoms with Gasteiger partial charge in [0.1, 0.15) is 11.4 Å². The van der Waals surface area contributed by atoms with Crippen LogP contribution >= 0.6 is 11.6 Å². The SMILES string of the molecule is CCCC(=O)c1nc(C2=C(c3cc(Cl)ccc3O)CCC2)ccc1NC. The Morgan fingerprint density at radius 2 is 2.00 bits per heavy atom. The molecule has 0 radical (unpaired) electrons. The molecule has 0 aliphatic heterocycles. The summed E-state index contributed by atoms with van der Waals surface area (Å²) in [5, 5.41) is 13.9. The molecule has 3 rings (SSSR count). The van der Waals surface area contributed by atoms with Gasteiger partial charge in [-0.3, -0.25) is 4.79 Å². The largest absolute Gasteiger partial charge is 0.507 e. The van der Waals surface area contributed by atoms with E-state index in [1.54, 1.807) is 25.2 Å². The number of halogens is 1. The molecule has 1 aliphatic carbocycles. The Bertz CT molecular complexity index is 874. The number of benzene rings is 1. The summed E-state index contributed by atoms with van der Waals surface area (Å²) in [7, 11) is 1.80. The van der Waals surface area contributed by atoms with Crippen molar-refractivity contribution < 1.29 is 9.90 Å². The van der Waals surface area contributed by atoms with Crippen molar-refractivity contribution in [2.75, 3.05) is 12.4 Å². The van der Waals surface area contributed by atoms with Gasteiger partial charge in [0.15, 0.2) is 5.78 Å². The smallest absolute Gasteiger partial charge is 0.183 e. The maximum atomic E-state index is 12.5. The highest BCUT2D eigenvalue weighted by atomic mass is 35.5. The van der Waals surface area contributed by atoms with Gasteiger partial charge < -0.3 is 10.4 Å². The van der Waals surface area contributed by atoms with E-state index in [2.05, 4.69) is 10.3 Å². The average Bonchev–Trinajstić information content (AvgIpc) is 3.13. The van der Waals surface area contributed by atoms with Crippen LogP contribution in [0.5, 0.6) is 5.75 Å². The van der Waals surface area contributed by atoms with E-state index in [0.717, 1.165) is 53.8 Å². The molecule has 0 fully saturated rings. The van der Waals surface area contributed by atoms with Crippen molar-refractivity contribution in [3.8, 4) is 5.75 Å². The van der Waals surface area contributed by atoms with Crippen LogP contribution in [0.4, 0.5) is 5.69 Å². The Hall–Kier alpha value is -2.33. The number of allylic oxidation sites excluding steroid dienone is 2. The van der Waals surface area contributed by atoms with Crippen LogP contribution in [0.1, 0.15) is 60.8 Å². The molecule has 1 heterocycles. The number of anilines is 1. The number of hydrogen-bond acceptors (Lipinski definition) is 4. The van der Waals surface area contributed by atoms with Crippen molar-refractivity contribution in [2.24, 2.45) is 0 Å². The maximum absolute atomic E-state index is 12.5. The van der Waals surface area contributed by atoms with Crippen molar-refractivity contribution in [3.63, 3.8) is 0 Å². The number of aromatic hydroxyl groups is 1. The molecule has 26 heavy (non-hydrogen) atoms. The van der Waals surface area contributed by atoms with Crippen molar-refractivity contribution in [3.05, 3.63) is 52.3 Å². The van der Waals surface area contributed by atoms with Crippen LogP contribution in [0, 0.1) is 0 Å². The van der Waals surface area contributed by atoms with Crippen LogP contribution < -0.4 is 5.32 Å². The van der Waals surface area contributed by atoms with Crippen LogP contribution in [0.25, 0.3) is 11.1 Å². The molecule has 5 heteroatoms. The molecule has 0 saturated carbocycles. The van der Waals surface area contributed by atoms with Crippen LogP contribution in [0.2, 0.25) is 5.02 Å². The second kappa shape index (κ2) is 7.92. The number of pyridine rings is 1. The molecule has 1 aromatic heterocycles. The standard InChI is InChI=1S/C21H23ClN2O2/c1-3-5-20(26)21-18(23-2)10-9-17(24-21)15-7-4-6-14(15)16-12-13(22)8-11-19(16)25/h8-12,23,25H,3-7H2,1-2H3. The van der Waals surface area contributed by atoms with Crippen molar-refractivity contribution >= 4 is 34.2 Å². The van der Waals surface area contributed by atoms with E-state index in [1.165, 1.54) is 0 Å². The van der Waals surface area contributed by atoms with Gasteiger partial charge in [-0.25, -0.2) is 4.98 Å². The quantitative estimate of drug-likeness (QED) is 0.653. The predicted octanol–water partition coefficient (Wildman–Crippen LogP) is 5.56. The fourth-order valence-electron chi connectivity index (χ4n) is 3.46. The average molecular weight is 371 g/mol. The summed E-state index contributed by atoms with van der Waals surface area (Å²) in [5.41, 5.74) is 4.93. The first-order chi connectivity index (χ1) is 12.5. The highest BCUT2D eigenvalue weighted by Crippen LogP contribution is 2.43. The van der Waals surface area contributed by atoms with Gasteiger partial charge in [-0.2, -0.15) is 0 Å². The second-order valence-corrected chi connectivity index (χ2v) is 6.92. The van der Waals surface area contributed by atoms with E-state index in [-0.39, 0.29) is 11.5 Å². The first-order valence-electron chi connectivity index (χ1n) is 8.98. The molecule has 0 atom stereocenters. The van der Waals surface area contributed by atoms with E-state index in [0.29, 0.717) is 17.1 Å². The molecule has 0 amide bonds. The fourth-order valence-corrected chi connectivity index (χ4v) is 3.63. The summed E-state index contributed by atoms with van der Waals surface area (Å²) < 4.78 is 0. The summed E-state index contributed by atoms with van der Waals surface area (Å²) in [6.07, 6.45) is 3.99. The van der Waals surface area contributed by atoms with E-state index in [1.807, 2.05) is 19.1 Å². The molecular weight excluding hydrogens is 348 g/mol. The lowest BCUT2D eigenvalue weighted by Crippen LogP contribution is -2.08. The van der Waals surface area contributed by atoms with Crippen LogP contribution in [0.3, 0.4) is 0 Å². The molecule has 136 valence electrons. The summed E-state index contributed by atoms with van der Waals surface area (Å²) >= 11 is 6.13. The number of carbonyl (C=O) groups is 1. The van der Waals surface area contributed by atoms with E-state index in [9.17, 15) is 9.90 Å². The zero-order chi connectivity index (χ0) is 18.7. The molecule has 0 spiro atoms. The topological polar surface area (TPSA) is 62.2 Å². The normalized spacial score (nSPS) is 14.0. The van der Waals surface area contributed by atoms with Gasteiger partial charge in [-0.15, -0.1) is 0 Å². The Labute approximate surface area is 158 Å². The molecule has 1 aromatic carbocycles. The summed E-state index contributed by atoms with van der Waals surface area (Å²) in [6.45, 7) is 1.99. The lowest BCUT2D eigenvalue weighted by atomic mass is 9.98. The Morgan fingerprint density at radius 1 is 1.23 bits per heavy atom. The predicted molar refractivity (Wildman–Crippen MR) is 107 cm³/mol. The number of hydrogen-bond donors (Lipinski definition) is 2. The highest BCUT2D eigenvalue weighted by molar-refractivity contribution is 6.30. The zero-order valence-corrected chi connectivity index (χ0v) is 15.9. The second-order valence-electron chi connectivity index (χ2n) is 6.49. The number of phenols is 1. The Kier molecular flexibility index (Phi) is 5.62. The molecule has 2 aromatic rings. The van der Waals surface area contributed by atoms with Gasteiger partial charge in [0.25, 0.3) is 0 Å². The number of aromatic nitrogens is 1. The van der Waals surface area contributed by atoms with Gasteiger partial charge >= 0.3 is 0 Å². The van der Waals surface area contributed by atoms with Gasteiger partial charge in [-0.1, -0.05) is 18.5 Å². The molecule has 0 unspecified atom stereocenters. The third-order valence-electron chi connectivity index (χ3n) is 4.72.